The number of nitrogens with one attached hydrogen (secondary N) is 2. The van der Waals surface area contributed by atoms with Crippen molar-refractivity contribution in [1.82, 2.24) is 10.3 Å². The minimum Gasteiger partial charge on any atom is -0.396 e. The number of aromatic nitrogens is 1. The summed E-state index contributed by atoms with van der Waals surface area (Å²) < 4.78 is 0. The van der Waals surface area contributed by atoms with Crippen LogP contribution in [0.15, 0.2) is 6.20 Å². The van der Waals surface area contributed by atoms with E-state index in [0.717, 1.165) is 11.3 Å². The normalized spacial score (nSPS) is 10.0. The highest BCUT2D eigenvalue weighted by atomic mass is 32.1. The zero-order valence-corrected chi connectivity index (χ0v) is 9.43. The third kappa shape index (κ3) is 4.26. The number of aliphatic hydroxyl groups is 1. The monoisotopic (exact) mass is 229 g/mol. The van der Waals surface area contributed by atoms with Gasteiger partial charge < -0.3 is 10.4 Å². The molecule has 2 amide bonds. The molecule has 0 spiro atoms. The number of rotatable bonds is 5. The van der Waals surface area contributed by atoms with Crippen molar-refractivity contribution in [1.29, 1.82) is 0 Å². The Morgan fingerprint density at radius 2 is 2.47 bits per heavy atom. The molecular formula is C9H15N3O2S. The van der Waals surface area contributed by atoms with Crippen LogP contribution in [0, 0.1) is 0 Å². The van der Waals surface area contributed by atoms with Crippen LogP contribution in [0.1, 0.15) is 18.2 Å². The fourth-order valence-corrected chi connectivity index (χ4v) is 1.70. The molecule has 0 saturated carbocycles. The summed E-state index contributed by atoms with van der Waals surface area (Å²) in [5, 5.41) is 14.4. The highest BCUT2D eigenvalue weighted by Crippen LogP contribution is 2.17. The van der Waals surface area contributed by atoms with Gasteiger partial charge in [0.2, 0.25) is 0 Å². The van der Waals surface area contributed by atoms with E-state index in [9.17, 15) is 4.79 Å². The minimum atomic E-state index is -0.277. The summed E-state index contributed by atoms with van der Waals surface area (Å²) in [5.74, 6) is 0. The van der Waals surface area contributed by atoms with Crippen molar-refractivity contribution in [2.24, 2.45) is 0 Å². The van der Waals surface area contributed by atoms with Crippen molar-refractivity contribution in [3.8, 4) is 0 Å². The topological polar surface area (TPSA) is 74.2 Å². The van der Waals surface area contributed by atoms with Crippen LogP contribution in [-0.4, -0.2) is 29.3 Å². The van der Waals surface area contributed by atoms with Gasteiger partial charge in [-0.3, -0.25) is 5.32 Å². The number of nitrogens with zero attached hydrogens (tertiary/aromatic N) is 1. The highest BCUT2D eigenvalue weighted by molar-refractivity contribution is 7.15. The Morgan fingerprint density at radius 3 is 3.07 bits per heavy atom. The molecule has 15 heavy (non-hydrogen) atoms. The molecule has 1 heterocycles. The van der Waals surface area contributed by atoms with Gasteiger partial charge in [-0.15, -0.1) is 11.3 Å². The first-order valence-electron chi connectivity index (χ1n) is 4.86. The second-order valence-electron chi connectivity index (χ2n) is 2.94. The molecule has 84 valence electrons. The van der Waals surface area contributed by atoms with Gasteiger partial charge in [0, 0.05) is 24.2 Å². The summed E-state index contributed by atoms with van der Waals surface area (Å²) in [7, 11) is 0. The predicted molar refractivity (Wildman–Crippen MR) is 60.2 cm³/mol. The molecule has 1 aromatic rings. The van der Waals surface area contributed by atoms with Crippen molar-refractivity contribution in [2.45, 2.75) is 19.8 Å². The maximum absolute atomic E-state index is 11.2. The molecule has 0 atom stereocenters. The highest BCUT2D eigenvalue weighted by Gasteiger charge is 2.04. The minimum absolute atomic E-state index is 0.0809. The number of carbonyl (C=O) groups is 1. The molecule has 0 saturated heterocycles. The van der Waals surface area contributed by atoms with E-state index in [-0.39, 0.29) is 12.6 Å². The Morgan fingerprint density at radius 1 is 1.67 bits per heavy atom. The van der Waals surface area contributed by atoms with E-state index in [1.807, 2.05) is 6.92 Å². The largest absolute Gasteiger partial charge is 0.396 e. The lowest BCUT2D eigenvalue weighted by Gasteiger charge is -2.03. The number of amides is 2. The van der Waals surface area contributed by atoms with Gasteiger partial charge in [-0.1, -0.05) is 6.92 Å². The number of urea groups is 1. The number of carbonyl (C=O) groups excluding carboxylic acids is 1. The Balaban J connectivity index is 2.31. The average Bonchev–Trinajstić information content (AvgIpc) is 2.66. The van der Waals surface area contributed by atoms with Crippen molar-refractivity contribution in [2.75, 3.05) is 18.5 Å². The third-order valence-electron chi connectivity index (χ3n) is 1.74. The summed E-state index contributed by atoms with van der Waals surface area (Å²) in [6.07, 6.45) is 3.24. The molecule has 0 aliphatic rings. The van der Waals surface area contributed by atoms with E-state index in [4.69, 9.17) is 5.11 Å². The first-order chi connectivity index (χ1) is 7.26. The van der Waals surface area contributed by atoms with Gasteiger partial charge in [-0.05, 0) is 12.8 Å². The van der Waals surface area contributed by atoms with Crippen LogP contribution in [0.2, 0.25) is 0 Å². The van der Waals surface area contributed by atoms with E-state index in [1.165, 1.54) is 11.3 Å². The number of thiazole rings is 1. The summed E-state index contributed by atoms with van der Waals surface area (Å²) in [6.45, 7) is 2.59. The van der Waals surface area contributed by atoms with E-state index < -0.39 is 0 Å². The van der Waals surface area contributed by atoms with E-state index >= 15 is 0 Å². The Bertz CT molecular complexity index is 314. The SMILES string of the molecule is CCc1cnc(NC(=O)NCCCO)s1. The van der Waals surface area contributed by atoms with Gasteiger partial charge in [-0.2, -0.15) is 0 Å². The molecule has 0 fully saturated rings. The van der Waals surface area contributed by atoms with Crippen LogP contribution >= 0.6 is 11.3 Å². The number of hydrogen-bond acceptors (Lipinski definition) is 4. The van der Waals surface area contributed by atoms with Crippen molar-refractivity contribution < 1.29 is 9.90 Å². The molecule has 0 aromatic carbocycles. The number of hydrogen-bond donors (Lipinski definition) is 3. The summed E-state index contributed by atoms with van der Waals surface area (Å²) in [6, 6.07) is -0.277. The maximum Gasteiger partial charge on any atom is 0.321 e. The summed E-state index contributed by atoms with van der Waals surface area (Å²) in [5.41, 5.74) is 0. The van der Waals surface area contributed by atoms with Crippen molar-refractivity contribution in [3.05, 3.63) is 11.1 Å². The van der Waals surface area contributed by atoms with Gasteiger partial charge in [0.1, 0.15) is 0 Å². The van der Waals surface area contributed by atoms with Crippen LogP contribution in [-0.2, 0) is 6.42 Å². The standard InChI is InChI=1S/C9H15N3O2S/c1-2-7-6-11-9(15-7)12-8(14)10-4-3-5-13/h6,13H,2-5H2,1H3,(H2,10,11,12,14). The van der Waals surface area contributed by atoms with Crippen LogP contribution in [0.5, 0.6) is 0 Å². The molecule has 5 nitrogen and oxygen atoms in total. The third-order valence-corrected chi connectivity index (χ3v) is 2.80. The molecule has 1 aromatic heterocycles. The van der Waals surface area contributed by atoms with Gasteiger partial charge >= 0.3 is 6.03 Å². The van der Waals surface area contributed by atoms with Crippen molar-refractivity contribution in [3.63, 3.8) is 0 Å². The molecule has 1 rings (SSSR count). The number of aliphatic hydroxyl groups excluding tert-OH is 1. The molecule has 0 aliphatic heterocycles. The van der Waals surface area contributed by atoms with E-state index in [1.54, 1.807) is 6.20 Å². The van der Waals surface area contributed by atoms with Crippen LogP contribution in [0.4, 0.5) is 9.93 Å². The predicted octanol–water partition coefficient (Wildman–Crippen LogP) is 1.21. The zero-order chi connectivity index (χ0) is 11.1. The summed E-state index contributed by atoms with van der Waals surface area (Å²) >= 11 is 1.47. The van der Waals surface area contributed by atoms with Crippen LogP contribution in [0.25, 0.3) is 0 Å². The Labute approximate surface area is 92.5 Å². The maximum atomic E-state index is 11.2. The Kier molecular flexibility index (Phi) is 5.06. The molecule has 0 aliphatic carbocycles. The first-order valence-corrected chi connectivity index (χ1v) is 5.68. The van der Waals surface area contributed by atoms with Crippen LogP contribution in [0.3, 0.4) is 0 Å². The zero-order valence-electron chi connectivity index (χ0n) is 8.62. The molecule has 3 N–H and O–H groups in total. The molecule has 0 bridgehead atoms. The smallest absolute Gasteiger partial charge is 0.321 e. The van der Waals surface area contributed by atoms with Gasteiger partial charge in [0.05, 0.1) is 0 Å². The van der Waals surface area contributed by atoms with Gasteiger partial charge in [0.15, 0.2) is 5.13 Å². The van der Waals surface area contributed by atoms with Crippen molar-refractivity contribution >= 4 is 22.5 Å². The number of anilines is 1. The quantitative estimate of drug-likeness (QED) is 0.664. The van der Waals surface area contributed by atoms with Gasteiger partial charge in [-0.25, -0.2) is 9.78 Å². The average molecular weight is 229 g/mol. The molecule has 0 radical (unpaired) electrons. The van der Waals surface area contributed by atoms with Crippen LogP contribution < -0.4 is 10.6 Å². The lowest BCUT2D eigenvalue weighted by Crippen LogP contribution is -2.29. The molecule has 6 heteroatoms. The lowest BCUT2D eigenvalue weighted by atomic mass is 10.4. The summed E-state index contributed by atoms with van der Waals surface area (Å²) in [4.78, 5) is 16.4. The second kappa shape index (κ2) is 6.36. The van der Waals surface area contributed by atoms with E-state index in [0.29, 0.717) is 18.1 Å². The Hall–Kier alpha value is -1.14. The van der Waals surface area contributed by atoms with Gasteiger partial charge in [0.25, 0.3) is 0 Å². The number of aryl methyl sites for hydroxylation is 1. The lowest BCUT2D eigenvalue weighted by molar-refractivity contribution is 0.249. The second-order valence-corrected chi connectivity index (χ2v) is 4.06. The fraction of sp³-hybridized carbons (Fsp3) is 0.556. The first kappa shape index (κ1) is 11.9. The fourth-order valence-electron chi connectivity index (χ4n) is 0.951. The molecule has 0 unspecified atom stereocenters. The molecular weight excluding hydrogens is 214 g/mol. The van der Waals surface area contributed by atoms with E-state index in [2.05, 4.69) is 15.6 Å².